The maximum absolute atomic E-state index is 12.1. The van der Waals surface area contributed by atoms with Gasteiger partial charge in [0.15, 0.2) is 0 Å². The quantitative estimate of drug-likeness (QED) is 0.687. The van der Waals surface area contributed by atoms with E-state index >= 15 is 0 Å². The number of hydrogen-bond acceptors (Lipinski definition) is 4. The molecule has 0 spiro atoms. The molecule has 0 saturated heterocycles. The Balaban J connectivity index is 1.77. The molecule has 1 aromatic rings. The molecule has 1 amide bonds. The fraction of sp³-hybridized carbons (Fsp3) is 0.611. The van der Waals surface area contributed by atoms with E-state index in [4.69, 9.17) is 9.47 Å². The lowest BCUT2D eigenvalue weighted by molar-refractivity contribution is -0.115. The zero-order valence-electron chi connectivity index (χ0n) is 14.0. The standard InChI is InChI=1S/C18H28N2O3/c1-2-22-12-13-23-17-11-7-6-10-16(17)20-18(21)14-19-15-8-4-3-5-9-15/h6-7,10-11,15,19H,2-5,8-9,12-14H2,1H3,(H,20,21). The van der Waals surface area contributed by atoms with Gasteiger partial charge in [0.2, 0.25) is 5.91 Å². The molecule has 1 aromatic carbocycles. The first kappa shape index (κ1) is 17.8. The van der Waals surface area contributed by atoms with Crippen molar-refractivity contribution in [3.8, 4) is 5.75 Å². The van der Waals surface area contributed by atoms with E-state index in [2.05, 4.69) is 10.6 Å². The topological polar surface area (TPSA) is 59.6 Å². The molecule has 0 bridgehead atoms. The fourth-order valence-corrected chi connectivity index (χ4v) is 2.79. The second-order valence-electron chi connectivity index (χ2n) is 5.81. The Morgan fingerprint density at radius 2 is 1.96 bits per heavy atom. The monoisotopic (exact) mass is 320 g/mol. The zero-order chi connectivity index (χ0) is 16.3. The van der Waals surface area contributed by atoms with Gasteiger partial charge >= 0.3 is 0 Å². The second kappa shape index (κ2) is 10.2. The van der Waals surface area contributed by atoms with Crippen molar-refractivity contribution in [3.05, 3.63) is 24.3 Å². The van der Waals surface area contributed by atoms with Gasteiger partial charge in [0.25, 0.3) is 0 Å². The number of nitrogens with one attached hydrogen (secondary N) is 2. The summed E-state index contributed by atoms with van der Waals surface area (Å²) in [7, 11) is 0. The Morgan fingerprint density at radius 3 is 2.74 bits per heavy atom. The molecule has 0 heterocycles. The lowest BCUT2D eigenvalue weighted by Gasteiger charge is -2.22. The van der Waals surface area contributed by atoms with E-state index in [1.807, 2.05) is 31.2 Å². The summed E-state index contributed by atoms with van der Waals surface area (Å²) in [5.41, 5.74) is 0.708. The number of amides is 1. The van der Waals surface area contributed by atoms with Crippen molar-refractivity contribution in [2.45, 2.75) is 45.1 Å². The molecule has 1 aliphatic carbocycles. The largest absolute Gasteiger partial charge is 0.489 e. The van der Waals surface area contributed by atoms with Crippen LogP contribution in [0.3, 0.4) is 0 Å². The van der Waals surface area contributed by atoms with E-state index < -0.39 is 0 Å². The lowest BCUT2D eigenvalue weighted by Crippen LogP contribution is -2.37. The van der Waals surface area contributed by atoms with E-state index in [9.17, 15) is 4.79 Å². The average Bonchev–Trinajstić information content (AvgIpc) is 2.59. The highest BCUT2D eigenvalue weighted by Gasteiger charge is 2.14. The number of carbonyl (C=O) groups excluding carboxylic acids is 1. The van der Waals surface area contributed by atoms with Crippen molar-refractivity contribution in [1.82, 2.24) is 5.32 Å². The summed E-state index contributed by atoms with van der Waals surface area (Å²) >= 11 is 0. The van der Waals surface area contributed by atoms with Crippen LogP contribution in [0.5, 0.6) is 5.75 Å². The van der Waals surface area contributed by atoms with Crippen molar-refractivity contribution in [1.29, 1.82) is 0 Å². The van der Waals surface area contributed by atoms with E-state index in [1.54, 1.807) is 0 Å². The highest BCUT2D eigenvalue weighted by atomic mass is 16.5. The van der Waals surface area contributed by atoms with Gasteiger partial charge < -0.3 is 20.1 Å². The minimum atomic E-state index is -0.0311. The summed E-state index contributed by atoms with van der Waals surface area (Å²) in [6.07, 6.45) is 6.18. The zero-order valence-corrected chi connectivity index (χ0v) is 14.0. The molecule has 5 heteroatoms. The first-order valence-corrected chi connectivity index (χ1v) is 8.62. The molecule has 0 radical (unpaired) electrons. The Morgan fingerprint density at radius 1 is 1.17 bits per heavy atom. The molecular formula is C18H28N2O3. The molecule has 23 heavy (non-hydrogen) atoms. The molecule has 128 valence electrons. The third-order valence-corrected chi connectivity index (χ3v) is 4.01. The molecule has 2 N–H and O–H groups in total. The van der Waals surface area contributed by atoms with Crippen LogP contribution >= 0.6 is 0 Å². The molecule has 0 atom stereocenters. The third kappa shape index (κ3) is 6.59. The van der Waals surface area contributed by atoms with Crippen molar-refractivity contribution < 1.29 is 14.3 Å². The number of ether oxygens (including phenoxy) is 2. The predicted octanol–water partition coefficient (Wildman–Crippen LogP) is 2.96. The van der Waals surface area contributed by atoms with Crippen LogP contribution in [0, 0.1) is 0 Å². The van der Waals surface area contributed by atoms with Gasteiger partial charge in [-0.05, 0) is 31.9 Å². The molecule has 2 rings (SSSR count). The van der Waals surface area contributed by atoms with Crippen LogP contribution < -0.4 is 15.4 Å². The Labute approximate surface area is 138 Å². The van der Waals surface area contributed by atoms with Gasteiger partial charge in [-0.3, -0.25) is 4.79 Å². The minimum Gasteiger partial charge on any atom is -0.489 e. The van der Waals surface area contributed by atoms with Crippen molar-refractivity contribution in [2.24, 2.45) is 0 Å². The summed E-state index contributed by atoms with van der Waals surface area (Å²) in [5, 5.41) is 6.27. The van der Waals surface area contributed by atoms with Crippen LogP contribution in [0.15, 0.2) is 24.3 Å². The molecule has 1 saturated carbocycles. The van der Waals surface area contributed by atoms with E-state index in [1.165, 1.54) is 32.1 Å². The highest BCUT2D eigenvalue weighted by molar-refractivity contribution is 5.93. The van der Waals surface area contributed by atoms with Gasteiger partial charge in [-0.15, -0.1) is 0 Å². The van der Waals surface area contributed by atoms with Crippen LogP contribution in [-0.2, 0) is 9.53 Å². The SMILES string of the molecule is CCOCCOc1ccccc1NC(=O)CNC1CCCCC1. The van der Waals surface area contributed by atoms with Crippen LogP contribution in [0.2, 0.25) is 0 Å². The predicted molar refractivity (Wildman–Crippen MR) is 91.9 cm³/mol. The van der Waals surface area contributed by atoms with Crippen molar-refractivity contribution in [3.63, 3.8) is 0 Å². The van der Waals surface area contributed by atoms with Gasteiger partial charge in [0.05, 0.1) is 18.8 Å². The van der Waals surface area contributed by atoms with Crippen molar-refractivity contribution in [2.75, 3.05) is 31.7 Å². The Hall–Kier alpha value is -1.59. The molecule has 0 unspecified atom stereocenters. The molecule has 0 aromatic heterocycles. The van der Waals surface area contributed by atoms with Gasteiger partial charge in [0, 0.05) is 12.6 Å². The highest BCUT2D eigenvalue weighted by Crippen LogP contribution is 2.23. The molecule has 0 aliphatic heterocycles. The first-order chi connectivity index (χ1) is 11.3. The van der Waals surface area contributed by atoms with Crippen LogP contribution in [-0.4, -0.2) is 38.3 Å². The summed E-state index contributed by atoms with van der Waals surface area (Å²) in [4.78, 5) is 12.1. The average molecular weight is 320 g/mol. The van der Waals surface area contributed by atoms with E-state index in [0.29, 0.717) is 43.8 Å². The van der Waals surface area contributed by atoms with Gasteiger partial charge in [0.1, 0.15) is 12.4 Å². The van der Waals surface area contributed by atoms with E-state index in [-0.39, 0.29) is 5.91 Å². The number of hydrogen-bond donors (Lipinski definition) is 2. The number of anilines is 1. The number of para-hydroxylation sites is 2. The van der Waals surface area contributed by atoms with Gasteiger partial charge in [-0.2, -0.15) is 0 Å². The molecule has 1 aliphatic rings. The van der Waals surface area contributed by atoms with Gasteiger partial charge in [-0.25, -0.2) is 0 Å². The smallest absolute Gasteiger partial charge is 0.238 e. The first-order valence-electron chi connectivity index (χ1n) is 8.62. The summed E-state index contributed by atoms with van der Waals surface area (Å²) in [6, 6.07) is 7.98. The maximum atomic E-state index is 12.1. The number of rotatable bonds is 9. The van der Waals surface area contributed by atoms with Crippen molar-refractivity contribution >= 4 is 11.6 Å². The summed E-state index contributed by atoms with van der Waals surface area (Å²) < 4.78 is 10.9. The molecule has 5 nitrogen and oxygen atoms in total. The normalized spacial score (nSPS) is 15.3. The Bertz CT molecular complexity index is 473. The lowest BCUT2D eigenvalue weighted by atomic mass is 9.95. The fourth-order valence-electron chi connectivity index (χ4n) is 2.79. The minimum absolute atomic E-state index is 0.0311. The molecule has 1 fully saturated rings. The number of benzene rings is 1. The number of carbonyl (C=O) groups is 1. The third-order valence-electron chi connectivity index (χ3n) is 4.01. The van der Waals surface area contributed by atoms with E-state index in [0.717, 1.165) is 0 Å². The van der Waals surface area contributed by atoms with Gasteiger partial charge in [-0.1, -0.05) is 31.4 Å². The summed E-state index contributed by atoms with van der Waals surface area (Å²) in [6.45, 7) is 3.99. The second-order valence-corrected chi connectivity index (χ2v) is 5.81. The maximum Gasteiger partial charge on any atom is 0.238 e. The van der Waals surface area contributed by atoms with Crippen LogP contribution in [0.25, 0.3) is 0 Å². The summed E-state index contributed by atoms with van der Waals surface area (Å²) in [5.74, 6) is 0.648. The van der Waals surface area contributed by atoms with Crippen LogP contribution in [0.4, 0.5) is 5.69 Å². The molecular weight excluding hydrogens is 292 g/mol. The van der Waals surface area contributed by atoms with Crippen LogP contribution in [0.1, 0.15) is 39.0 Å². The Kier molecular flexibility index (Phi) is 7.90.